The molecule has 0 aromatic carbocycles. The van der Waals surface area contributed by atoms with Gasteiger partial charge in [0.1, 0.15) is 0 Å². The van der Waals surface area contributed by atoms with Crippen molar-refractivity contribution in [3.05, 3.63) is 21.6 Å². The number of nitrogens with zero attached hydrogens (tertiary/aromatic N) is 1. The predicted octanol–water partition coefficient (Wildman–Crippen LogP) is 0.157. The minimum Gasteiger partial charge on any atom is -0.262 e. The van der Waals surface area contributed by atoms with Crippen LogP contribution in [-0.4, -0.2) is 11.1 Å². The maximum absolute atomic E-state index is 9.86. The Kier molecular flexibility index (Phi) is 1.50. The van der Waals surface area contributed by atoms with Crippen LogP contribution in [-0.2, 0) is 0 Å². The molecule has 0 amide bonds. The second-order valence-electron chi connectivity index (χ2n) is 1.23. The van der Waals surface area contributed by atoms with E-state index in [1.165, 1.54) is 6.08 Å². The SMILES string of the molecule is O=[N+]([O-])C1C=[C]SN1. The van der Waals surface area contributed by atoms with Crippen molar-refractivity contribution in [2.24, 2.45) is 0 Å². The van der Waals surface area contributed by atoms with Crippen LogP contribution in [0.1, 0.15) is 0 Å². The Labute approximate surface area is 50.2 Å². The number of hydrogen-bond donors (Lipinski definition) is 1. The summed E-state index contributed by atoms with van der Waals surface area (Å²) in [6.07, 6.45) is 0.644. The molecule has 5 heteroatoms. The number of nitro groups is 1. The summed E-state index contributed by atoms with van der Waals surface area (Å²) in [5, 5.41) is 12.5. The van der Waals surface area contributed by atoms with Crippen molar-refractivity contribution in [1.29, 1.82) is 0 Å². The van der Waals surface area contributed by atoms with Crippen LogP contribution in [0.15, 0.2) is 6.08 Å². The molecular formula is C3H3N2O2S. The molecule has 1 aliphatic heterocycles. The van der Waals surface area contributed by atoms with Crippen LogP contribution in [0.25, 0.3) is 0 Å². The zero-order chi connectivity index (χ0) is 5.98. The molecule has 8 heavy (non-hydrogen) atoms. The van der Waals surface area contributed by atoms with Crippen LogP contribution < -0.4 is 4.72 Å². The molecule has 4 nitrogen and oxygen atoms in total. The van der Waals surface area contributed by atoms with E-state index >= 15 is 0 Å². The molecule has 43 valence electrons. The van der Waals surface area contributed by atoms with Crippen molar-refractivity contribution in [1.82, 2.24) is 4.72 Å². The third-order valence-corrected chi connectivity index (χ3v) is 1.30. The largest absolute Gasteiger partial charge is 0.295 e. The predicted molar refractivity (Wildman–Crippen MR) is 29.3 cm³/mol. The molecule has 1 rings (SSSR count). The Hall–Kier alpha value is -0.550. The summed E-state index contributed by atoms with van der Waals surface area (Å²) >= 11 is 1.11. The Morgan fingerprint density at radius 1 is 2.00 bits per heavy atom. The molecule has 1 radical (unpaired) electrons. The summed E-state index contributed by atoms with van der Waals surface area (Å²) in [7, 11) is 0. The average molecular weight is 131 g/mol. The molecule has 1 unspecified atom stereocenters. The summed E-state index contributed by atoms with van der Waals surface area (Å²) in [6, 6.07) is 0. The molecule has 1 atom stereocenters. The Bertz CT molecular complexity index is 135. The molecule has 1 N–H and O–H groups in total. The lowest BCUT2D eigenvalue weighted by Crippen LogP contribution is -2.25. The summed E-state index contributed by atoms with van der Waals surface area (Å²) in [5.74, 6) is 0. The molecule has 1 heterocycles. The number of hydrogen-bond acceptors (Lipinski definition) is 4. The van der Waals surface area contributed by atoms with Gasteiger partial charge in [0, 0.05) is 16.4 Å². The van der Waals surface area contributed by atoms with Gasteiger partial charge in [0.15, 0.2) is 0 Å². The van der Waals surface area contributed by atoms with Gasteiger partial charge >= 0.3 is 0 Å². The van der Waals surface area contributed by atoms with E-state index in [1.54, 1.807) is 0 Å². The maximum atomic E-state index is 9.86. The van der Waals surface area contributed by atoms with Gasteiger partial charge in [-0.05, 0) is 11.9 Å². The van der Waals surface area contributed by atoms with E-state index < -0.39 is 11.1 Å². The van der Waals surface area contributed by atoms with Gasteiger partial charge in [0.05, 0.1) is 0 Å². The zero-order valence-corrected chi connectivity index (χ0v) is 4.64. The first-order valence-electron chi connectivity index (χ1n) is 1.94. The van der Waals surface area contributed by atoms with Crippen LogP contribution in [0.5, 0.6) is 0 Å². The van der Waals surface area contributed by atoms with Crippen LogP contribution >= 0.6 is 11.9 Å². The van der Waals surface area contributed by atoms with Crippen LogP contribution in [0.4, 0.5) is 0 Å². The molecule has 0 aliphatic carbocycles. The fraction of sp³-hybridized carbons (Fsp3) is 0.333. The summed E-state index contributed by atoms with van der Waals surface area (Å²) in [5.41, 5.74) is 0. The topological polar surface area (TPSA) is 55.2 Å². The van der Waals surface area contributed by atoms with Crippen molar-refractivity contribution < 1.29 is 4.92 Å². The van der Waals surface area contributed by atoms with Gasteiger partial charge in [-0.2, -0.15) is 4.72 Å². The van der Waals surface area contributed by atoms with Crippen molar-refractivity contribution in [2.75, 3.05) is 0 Å². The monoisotopic (exact) mass is 131 g/mol. The first kappa shape index (κ1) is 5.58. The summed E-state index contributed by atoms with van der Waals surface area (Å²) < 4.78 is 2.51. The molecule has 0 spiro atoms. The van der Waals surface area contributed by atoms with E-state index in [9.17, 15) is 10.1 Å². The lowest BCUT2D eigenvalue weighted by atomic mass is 10.5. The molecule has 0 aromatic rings. The standard InChI is InChI=1S/C3H3N2O2S/c6-5(7)3-1-2-8-4-3/h1,3-4H. The van der Waals surface area contributed by atoms with E-state index in [-0.39, 0.29) is 0 Å². The highest BCUT2D eigenvalue weighted by Gasteiger charge is 2.18. The van der Waals surface area contributed by atoms with Crippen molar-refractivity contribution >= 4 is 11.9 Å². The molecule has 0 bridgehead atoms. The van der Waals surface area contributed by atoms with Gasteiger partial charge in [-0.15, -0.1) is 0 Å². The average Bonchev–Trinajstić information content (AvgIpc) is 2.12. The lowest BCUT2D eigenvalue weighted by Gasteiger charge is -1.94. The minimum absolute atomic E-state index is 0.410. The highest BCUT2D eigenvalue weighted by Crippen LogP contribution is 2.07. The fourth-order valence-corrected chi connectivity index (χ4v) is 0.871. The first-order valence-corrected chi connectivity index (χ1v) is 2.76. The highest BCUT2D eigenvalue weighted by molar-refractivity contribution is 7.99. The normalized spacial score (nSPS) is 26.2. The van der Waals surface area contributed by atoms with Crippen molar-refractivity contribution in [2.45, 2.75) is 6.17 Å². The van der Waals surface area contributed by atoms with Crippen LogP contribution in [0.3, 0.4) is 0 Å². The molecule has 0 aromatic heterocycles. The summed E-state index contributed by atoms with van der Waals surface area (Å²) in [4.78, 5) is 9.45. The van der Waals surface area contributed by atoms with E-state index in [1.807, 2.05) is 0 Å². The van der Waals surface area contributed by atoms with E-state index in [0.29, 0.717) is 0 Å². The smallest absolute Gasteiger partial charge is 0.262 e. The Morgan fingerprint density at radius 2 is 2.75 bits per heavy atom. The molecule has 0 fully saturated rings. The minimum atomic E-state index is -0.736. The van der Waals surface area contributed by atoms with Crippen molar-refractivity contribution in [3.8, 4) is 0 Å². The van der Waals surface area contributed by atoms with Crippen LogP contribution in [0, 0.1) is 15.5 Å². The summed E-state index contributed by atoms with van der Waals surface area (Å²) in [6.45, 7) is 0. The van der Waals surface area contributed by atoms with Crippen molar-refractivity contribution in [3.63, 3.8) is 0 Å². The van der Waals surface area contributed by atoms with Gasteiger partial charge < -0.3 is 0 Å². The van der Waals surface area contributed by atoms with E-state index in [0.717, 1.165) is 11.9 Å². The highest BCUT2D eigenvalue weighted by atomic mass is 32.2. The zero-order valence-electron chi connectivity index (χ0n) is 3.83. The van der Waals surface area contributed by atoms with Gasteiger partial charge in [-0.1, -0.05) is 0 Å². The molecule has 0 saturated carbocycles. The number of rotatable bonds is 1. The fourth-order valence-electron chi connectivity index (χ4n) is 0.331. The first-order chi connectivity index (χ1) is 3.80. The third-order valence-electron chi connectivity index (χ3n) is 0.692. The van der Waals surface area contributed by atoms with Gasteiger partial charge in [0.2, 0.25) is 0 Å². The molecule has 0 saturated heterocycles. The Morgan fingerprint density at radius 3 is 3.00 bits per heavy atom. The maximum Gasteiger partial charge on any atom is 0.295 e. The quantitative estimate of drug-likeness (QED) is 0.313. The Balaban J connectivity index is 2.48. The van der Waals surface area contributed by atoms with E-state index in [2.05, 4.69) is 10.1 Å². The van der Waals surface area contributed by atoms with Gasteiger partial charge in [-0.25, -0.2) is 0 Å². The molecule has 1 aliphatic rings. The molecular weight excluding hydrogens is 128 g/mol. The van der Waals surface area contributed by atoms with Crippen LogP contribution in [0.2, 0.25) is 0 Å². The second kappa shape index (κ2) is 2.15. The van der Waals surface area contributed by atoms with Gasteiger partial charge in [-0.3, -0.25) is 10.1 Å². The second-order valence-corrected chi connectivity index (χ2v) is 1.91. The van der Waals surface area contributed by atoms with E-state index in [4.69, 9.17) is 0 Å². The van der Waals surface area contributed by atoms with Gasteiger partial charge in [0.25, 0.3) is 6.17 Å². The lowest BCUT2D eigenvalue weighted by molar-refractivity contribution is -0.511. The third kappa shape index (κ3) is 0.988. The number of nitrogens with one attached hydrogen (secondary N) is 1.